The number of rotatable bonds is 4. The lowest BCUT2D eigenvalue weighted by atomic mass is 10.1. The molecule has 0 aliphatic heterocycles. The summed E-state index contributed by atoms with van der Waals surface area (Å²) in [7, 11) is 0. The van der Waals surface area contributed by atoms with E-state index in [9.17, 15) is 18.4 Å². The lowest BCUT2D eigenvalue weighted by molar-refractivity contribution is 0.103. The van der Waals surface area contributed by atoms with E-state index >= 15 is 0 Å². The molecule has 0 amide bonds. The Morgan fingerprint density at radius 3 is 2.48 bits per heavy atom. The molecule has 6 heteroatoms. The largest absolute Gasteiger partial charge is 0.288 e. The first-order valence-electron chi connectivity index (χ1n) is 6.79. The second-order valence-electron chi connectivity index (χ2n) is 4.91. The summed E-state index contributed by atoms with van der Waals surface area (Å²) in [5, 5.41) is 0. The second-order valence-corrected chi connectivity index (χ2v) is 5.98. The molecule has 1 aromatic heterocycles. The van der Waals surface area contributed by atoms with Gasteiger partial charge in [-0.15, -0.1) is 0 Å². The van der Waals surface area contributed by atoms with Crippen LogP contribution in [0.5, 0.6) is 0 Å². The van der Waals surface area contributed by atoms with Crippen LogP contribution in [0.3, 0.4) is 0 Å². The Balaban J connectivity index is 1.91. The van der Waals surface area contributed by atoms with Crippen LogP contribution >= 0.6 is 11.5 Å². The summed E-state index contributed by atoms with van der Waals surface area (Å²) in [5.41, 5.74) is 0.340. The van der Waals surface area contributed by atoms with Gasteiger partial charge in [0.05, 0.1) is 17.0 Å². The van der Waals surface area contributed by atoms with Crippen molar-refractivity contribution in [3.63, 3.8) is 0 Å². The van der Waals surface area contributed by atoms with Crippen molar-refractivity contribution in [3.8, 4) is 0 Å². The SMILES string of the molecule is O=C(c1cc(=O)n(Cc2ccccc2)s1)c1ccc(F)cc1F. The van der Waals surface area contributed by atoms with Gasteiger partial charge in [-0.05, 0) is 17.7 Å². The van der Waals surface area contributed by atoms with Gasteiger partial charge in [0, 0.05) is 12.1 Å². The lowest BCUT2D eigenvalue weighted by Gasteiger charge is -2.01. The van der Waals surface area contributed by atoms with Gasteiger partial charge in [-0.25, -0.2) is 8.78 Å². The zero-order valence-electron chi connectivity index (χ0n) is 11.8. The molecular formula is C17H11F2NO2S. The molecule has 23 heavy (non-hydrogen) atoms. The molecule has 116 valence electrons. The fraction of sp³-hybridized carbons (Fsp3) is 0.0588. The maximum Gasteiger partial charge on any atom is 0.261 e. The Morgan fingerprint density at radius 1 is 1.04 bits per heavy atom. The third-order valence-electron chi connectivity index (χ3n) is 3.28. The van der Waals surface area contributed by atoms with Crippen molar-refractivity contribution in [2.45, 2.75) is 6.54 Å². The van der Waals surface area contributed by atoms with Crippen LogP contribution in [0.4, 0.5) is 8.78 Å². The summed E-state index contributed by atoms with van der Waals surface area (Å²) in [6.07, 6.45) is 0. The van der Waals surface area contributed by atoms with Gasteiger partial charge < -0.3 is 0 Å². The predicted octanol–water partition coefficient (Wildman–Crippen LogP) is 3.47. The molecule has 0 fully saturated rings. The summed E-state index contributed by atoms with van der Waals surface area (Å²) in [6, 6.07) is 13.2. The molecule has 0 aliphatic rings. The predicted molar refractivity (Wildman–Crippen MR) is 83.9 cm³/mol. The quantitative estimate of drug-likeness (QED) is 0.687. The highest BCUT2D eigenvalue weighted by Gasteiger charge is 2.18. The molecule has 0 unspecified atom stereocenters. The highest BCUT2D eigenvalue weighted by atomic mass is 32.1. The number of benzene rings is 2. The summed E-state index contributed by atoms with van der Waals surface area (Å²) < 4.78 is 28.0. The van der Waals surface area contributed by atoms with E-state index in [1.54, 1.807) is 0 Å². The second kappa shape index (κ2) is 6.26. The number of ketones is 1. The molecule has 0 bridgehead atoms. The Kier molecular flexibility index (Phi) is 4.16. The van der Waals surface area contributed by atoms with Crippen molar-refractivity contribution in [2.75, 3.05) is 0 Å². The van der Waals surface area contributed by atoms with Crippen LogP contribution in [0.15, 0.2) is 59.4 Å². The number of aromatic nitrogens is 1. The van der Waals surface area contributed by atoms with Gasteiger partial charge in [0.15, 0.2) is 0 Å². The average Bonchev–Trinajstić information content (AvgIpc) is 2.89. The van der Waals surface area contributed by atoms with Gasteiger partial charge >= 0.3 is 0 Å². The molecule has 0 N–H and O–H groups in total. The van der Waals surface area contributed by atoms with Crippen molar-refractivity contribution >= 4 is 17.3 Å². The van der Waals surface area contributed by atoms with E-state index in [-0.39, 0.29) is 16.0 Å². The molecule has 1 heterocycles. The van der Waals surface area contributed by atoms with E-state index in [0.29, 0.717) is 12.6 Å². The molecule has 0 aliphatic carbocycles. The molecule has 0 saturated heterocycles. The van der Waals surface area contributed by atoms with E-state index in [1.807, 2.05) is 30.3 Å². The van der Waals surface area contributed by atoms with Gasteiger partial charge in [-0.2, -0.15) is 0 Å². The number of halogens is 2. The van der Waals surface area contributed by atoms with E-state index in [4.69, 9.17) is 0 Å². The van der Waals surface area contributed by atoms with E-state index in [1.165, 1.54) is 10.0 Å². The molecule has 3 nitrogen and oxygen atoms in total. The standard InChI is InChI=1S/C17H11F2NO2S/c18-12-6-7-13(14(19)8-12)17(22)15-9-16(21)20(23-15)10-11-4-2-1-3-5-11/h1-9H,10H2. The maximum atomic E-state index is 13.7. The Labute approximate surface area is 134 Å². The zero-order valence-corrected chi connectivity index (χ0v) is 12.6. The van der Waals surface area contributed by atoms with Crippen molar-refractivity contribution < 1.29 is 13.6 Å². The van der Waals surface area contributed by atoms with Gasteiger partial charge in [-0.3, -0.25) is 13.5 Å². The fourth-order valence-electron chi connectivity index (χ4n) is 2.15. The molecular weight excluding hydrogens is 320 g/mol. The Morgan fingerprint density at radius 2 is 1.78 bits per heavy atom. The third kappa shape index (κ3) is 3.27. The summed E-state index contributed by atoms with van der Waals surface area (Å²) in [4.78, 5) is 24.4. The minimum atomic E-state index is -0.939. The number of carbonyl (C=O) groups excluding carboxylic acids is 1. The monoisotopic (exact) mass is 331 g/mol. The fourth-order valence-corrected chi connectivity index (χ4v) is 3.09. The Bertz CT molecular complexity index is 916. The van der Waals surface area contributed by atoms with Crippen LogP contribution < -0.4 is 5.56 Å². The first kappa shape index (κ1) is 15.3. The molecule has 2 aromatic carbocycles. The summed E-state index contributed by atoms with van der Waals surface area (Å²) >= 11 is 0.964. The molecule has 0 spiro atoms. The van der Waals surface area contributed by atoms with Crippen molar-refractivity contribution in [1.82, 2.24) is 3.96 Å². The van der Waals surface area contributed by atoms with Gasteiger partial charge in [0.1, 0.15) is 11.6 Å². The van der Waals surface area contributed by atoms with Crippen LogP contribution in [0.2, 0.25) is 0 Å². The minimum absolute atomic E-state index is 0.122. The zero-order chi connectivity index (χ0) is 16.4. The van der Waals surface area contributed by atoms with Crippen LogP contribution in [0.1, 0.15) is 20.8 Å². The van der Waals surface area contributed by atoms with Gasteiger partial charge in [0.25, 0.3) is 5.56 Å². The maximum absolute atomic E-state index is 13.7. The molecule has 0 radical (unpaired) electrons. The van der Waals surface area contributed by atoms with Crippen LogP contribution in [-0.4, -0.2) is 9.74 Å². The normalized spacial score (nSPS) is 10.7. The molecule has 3 rings (SSSR count). The van der Waals surface area contributed by atoms with E-state index in [0.717, 1.165) is 29.2 Å². The van der Waals surface area contributed by atoms with E-state index < -0.39 is 17.4 Å². The third-order valence-corrected chi connectivity index (χ3v) is 4.31. The number of hydrogen-bond donors (Lipinski definition) is 0. The van der Waals surface area contributed by atoms with Gasteiger partial charge in [-0.1, -0.05) is 41.9 Å². The molecule has 0 saturated carbocycles. The number of hydrogen-bond acceptors (Lipinski definition) is 3. The van der Waals surface area contributed by atoms with Crippen LogP contribution in [-0.2, 0) is 6.54 Å². The van der Waals surface area contributed by atoms with Gasteiger partial charge in [0.2, 0.25) is 5.78 Å². The lowest BCUT2D eigenvalue weighted by Crippen LogP contribution is -2.12. The number of carbonyl (C=O) groups is 1. The molecule has 0 atom stereocenters. The smallest absolute Gasteiger partial charge is 0.261 e. The highest BCUT2D eigenvalue weighted by Crippen LogP contribution is 2.17. The summed E-state index contributed by atoms with van der Waals surface area (Å²) in [6.45, 7) is 0.337. The average molecular weight is 331 g/mol. The van der Waals surface area contributed by atoms with Crippen molar-refractivity contribution in [2.24, 2.45) is 0 Å². The number of nitrogens with zero attached hydrogens (tertiary/aromatic N) is 1. The van der Waals surface area contributed by atoms with Crippen molar-refractivity contribution in [3.05, 3.63) is 92.6 Å². The minimum Gasteiger partial charge on any atom is -0.288 e. The highest BCUT2D eigenvalue weighted by molar-refractivity contribution is 7.08. The van der Waals surface area contributed by atoms with Crippen molar-refractivity contribution in [1.29, 1.82) is 0 Å². The first-order chi connectivity index (χ1) is 11.0. The Hall–Kier alpha value is -2.60. The van der Waals surface area contributed by atoms with E-state index in [2.05, 4.69) is 0 Å². The summed E-state index contributed by atoms with van der Waals surface area (Å²) in [5.74, 6) is -2.32. The topological polar surface area (TPSA) is 39.1 Å². The molecule has 3 aromatic rings. The van der Waals surface area contributed by atoms with Crippen LogP contribution in [0.25, 0.3) is 0 Å². The first-order valence-corrected chi connectivity index (χ1v) is 7.57. The van der Waals surface area contributed by atoms with Crippen LogP contribution in [0, 0.1) is 11.6 Å².